The first-order valence-corrected chi connectivity index (χ1v) is 7.93. The number of imide groups is 1. The van der Waals surface area contributed by atoms with Gasteiger partial charge in [0.2, 0.25) is 5.91 Å². The Morgan fingerprint density at radius 1 is 1.17 bits per heavy atom. The minimum absolute atomic E-state index is 0.0334. The largest absolute Gasteiger partial charge is 0.339 e. The van der Waals surface area contributed by atoms with Crippen molar-refractivity contribution in [3.05, 3.63) is 35.4 Å². The topological polar surface area (TPSA) is 83.7 Å². The molecule has 0 spiro atoms. The van der Waals surface area contributed by atoms with Crippen molar-refractivity contribution >= 4 is 17.7 Å². The lowest BCUT2D eigenvalue weighted by atomic mass is 10.0. The number of nitrogens with zero attached hydrogens (tertiary/aromatic N) is 2. The first-order chi connectivity index (χ1) is 10.9. The van der Waals surface area contributed by atoms with E-state index in [0.29, 0.717) is 24.2 Å². The third-order valence-electron chi connectivity index (χ3n) is 4.52. The van der Waals surface area contributed by atoms with Crippen molar-refractivity contribution in [2.75, 3.05) is 13.1 Å². The molecule has 3 amide bonds. The van der Waals surface area contributed by atoms with Crippen LogP contribution in [-0.2, 0) is 4.79 Å². The highest BCUT2D eigenvalue weighted by atomic mass is 16.2. The molecule has 2 heterocycles. The normalized spacial score (nSPS) is 22.0. The van der Waals surface area contributed by atoms with Gasteiger partial charge in [-0.15, -0.1) is 0 Å². The lowest BCUT2D eigenvalue weighted by molar-refractivity contribution is -0.135. The number of carbonyl (C=O) groups is 3. The number of amides is 3. The number of rotatable bonds is 3. The molecular formula is C17H21N3O3. The lowest BCUT2D eigenvalue weighted by Gasteiger charge is -2.31. The van der Waals surface area contributed by atoms with Crippen LogP contribution < -0.4 is 5.73 Å². The Morgan fingerprint density at radius 3 is 2.17 bits per heavy atom. The molecule has 122 valence electrons. The molecule has 1 aromatic rings. The fourth-order valence-corrected chi connectivity index (χ4v) is 3.33. The van der Waals surface area contributed by atoms with Crippen LogP contribution in [0, 0.1) is 5.92 Å². The molecule has 2 aliphatic rings. The predicted molar refractivity (Wildman–Crippen MR) is 84.7 cm³/mol. The summed E-state index contributed by atoms with van der Waals surface area (Å²) in [6.45, 7) is 4.75. The molecule has 1 saturated heterocycles. The minimum Gasteiger partial charge on any atom is -0.339 e. The van der Waals surface area contributed by atoms with Crippen molar-refractivity contribution < 1.29 is 14.4 Å². The maximum absolute atomic E-state index is 12.9. The van der Waals surface area contributed by atoms with E-state index < -0.39 is 6.04 Å². The Hall–Kier alpha value is -2.21. The van der Waals surface area contributed by atoms with Gasteiger partial charge in [0.15, 0.2) is 0 Å². The van der Waals surface area contributed by atoms with E-state index in [9.17, 15) is 14.4 Å². The third kappa shape index (κ3) is 2.53. The van der Waals surface area contributed by atoms with Gasteiger partial charge in [-0.2, -0.15) is 0 Å². The molecule has 0 aromatic heterocycles. The van der Waals surface area contributed by atoms with Gasteiger partial charge < -0.3 is 10.6 Å². The van der Waals surface area contributed by atoms with Gasteiger partial charge in [-0.3, -0.25) is 19.3 Å². The molecule has 2 atom stereocenters. The highest BCUT2D eigenvalue weighted by Crippen LogP contribution is 2.28. The Morgan fingerprint density at radius 2 is 1.74 bits per heavy atom. The molecule has 0 aliphatic carbocycles. The van der Waals surface area contributed by atoms with E-state index in [0.717, 1.165) is 11.3 Å². The second-order valence-electron chi connectivity index (χ2n) is 6.55. The molecule has 6 nitrogen and oxygen atoms in total. The number of fused-ring (bicyclic) bond motifs is 1. The van der Waals surface area contributed by atoms with E-state index in [4.69, 9.17) is 5.73 Å². The van der Waals surface area contributed by atoms with E-state index in [1.165, 1.54) is 0 Å². The number of likely N-dealkylation sites (tertiary alicyclic amines) is 1. The smallest absolute Gasteiger partial charge is 0.262 e. The zero-order chi connectivity index (χ0) is 16.7. The summed E-state index contributed by atoms with van der Waals surface area (Å²) >= 11 is 0. The predicted octanol–water partition coefficient (Wildman–Crippen LogP) is 0.867. The number of benzene rings is 1. The third-order valence-corrected chi connectivity index (χ3v) is 4.52. The van der Waals surface area contributed by atoms with Gasteiger partial charge in [0.1, 0.15) is 6.04 Å². The van der Waals surface area contributed by atoms with Crippen LogP contribution in [-0.4, -0.2) is 52.7 Å². The second kappa shape index (κ2) is 5.77. The fraction of sp³-hybridized carbons (Fsp3) is 0.471. The van der Waals surface area contributed by atoms with Crippen molar-refractivity contribution in [3.8, 4) is 0 Å². The first kappa shape index (κ1) is 15.7. The number of carbonyl (C=O) groups excluding carboxylic acids is 3. The second-order valence-corrected chi connectivity index (χ2v) is 6.55. The van der Waals surface area contributed by atoms with Crippen molar-refractivity contribution in [2.24, 2.45) is 11.7 Å². The summed E-state index contributed by atoms with van der Waals surface area (Å²) in [5.74, 6) is -1.13. The summed E-state index contributed by atoms with van der Waals surface area (Å²) in [6.07, 6.45) is 0.749. The monoisotopic (exact) mass is 315 g/mol. The quantitative estimate of drug-likeness (QED) is 0.839. The summed E-state index contributed by atoms with van der Waals surface area (Å²) in [7, 11) is 0. The maximum Gasteiger partial charge on any atom is 0.262 e. The minimum atomic E-state index is -0.785. The fourth-order valence-electron chi connectivity index (χ4n) is 3.33. The first-order valence-electron chi connectivity index (χ1n) is 7.93. The lowest BCUT2D eigenvalue weighted by Crippen LogP contribution is -2.53. The van der Waals surface area contributed by atoms with Crippen LogP contribution in [0.25, 0.3) is 0 Å². The van der Waals surface area contributed by atoms with E-state index in [1.807, 2.05) is 13.8 Å². The number of hydrogen-bond acceptors (Lipinski definition) is 4. The molecule has 0 saturated carbocycles. The van der Waals surface area contributed by atoms with E-state index in [2.05, 4.69) is 0 Å². The molecule has 0 radical (unpaired) electrons. The van der Waals surface area contributed by atoms with E-state index in [-0.39, 0.29) is 29.7 Å². The highest BCUT2D eigenvalue weighted by Gasteiger charge is 2.45. The molecule has 0 bridgehead atoms. The van der Waals surface area contributed by atoms with Crippen molar-refractivity contribution in [3.63, 3.8) is 0 Å². The van der Waals surface area contributed by atoms with Crippen molar-refractivity contribution in [1.29, 1.82) is 0 Å². The van der Waals surface area contributed by atoms with E-state index >= 15 is 0 Å². The number of hydrogen-bond donors (Lipinski definition) is 1. The average molecular weight is 315 g/mol. The van der Waals surface area contributed by atoms with Gasteiger partial charge in [-0.05, 0) is 24.5 Å². The van der Waals surface area contributed by atoms with Gasteiger partial charge in [0.25, 0.3) is 11.8 Å². The van der Waals surface area contributed by atoms with E-state index in [1.54, 1.807) is 29.2 Å². The van der Waals surface area contributed by atoms with Gasteiger partial charge >= 0.3 is 0 Å². The van der Waals surface area contributed by atoms with Crippen LogP contribution in [0.5, 0.6) is 0 Å². The molecule has 23 heavy (non-hydrogen) atoms. The Balaban J connectivity index is 1.92. The Kier molecular flexibility index (Phi) is 3.93. The number of nitrogens with two attached hydrogens (primary N) is 1. The maximum atomic E-state index is 12.9. The van der Waals surface area contributed by atoms with Crippen molar-refractivity contribution in [1.82, 2.24) is 9.80 Å². The van der Waals surface area contributed by atoms with Gasteiger partial charge in [0, 0.05) is 19.1 Å². The van der Waals surface area contributed by atoms with Gasteiger partial charge in [-0.25, -0.2) is 0 Å². The average Bonchev–Trinajstić information content (AvgIpc) is 3.05. The Labute approximate surface area is 135 Å². The van der Waals surface area contributed by atoms with Crippen LogP contribution >= 0.6 is 0 Å². The van der Waals surface area contributed by atoms with Crippen LogP contribution in [0.1, 0.15) is 41.0 Å². The van der Waals surface area contributed by atoms with Crippen LogP contribution in [0.3, 0.4) is 0 Å². The SMILES string of the molecule is CC(C)C(C(=O)N1CC[C@@H](N)C1)N1C(=O)c2ccccc2C1=O. The summed E-state index contributed by atoms with van der Waals surface area (Å²) in [4.78, 5) is 41.0. The molecule has 2 aliphatic heterocycles. The van der Waals surface area contributed by atoms with Gasteiger partial charge in [-0.1, -0.05) is 26.0 Å². The Bertz CT molecular complexity index is 636. The summed E-state index contributed by atoms with van der Waals surface area (Å²) in [6, 6.07) is 5.88. The van der Waals surface area contributed by atoms with Crippen LogP contribution in [0.15, 0.2) is 24.3 Å². The highest BCUT2D eigenvalue weighted by molar-refractivity contribution is 6.22. The van der Waals surface area contributed by atoms with Gasteiger partial charge in [0.05, 0.1) is 11.1 Å². The summed E-state index contributed by atoms with van der Waals surface area (Å²) in [5.41, 5.74) is 6.61. The molecule has 1 aromatic carbocycles. The standard InChI is InChI=1S/C17H21N3O3/c1-10(2)14(17(23)19-8-7-11(18)9-19)20-15(21)12-5-3-4-6-13(12)16(20)22/h3-6,10-11,14H,7-9,18H2,1-2H3/t11-,14?/m1/s1. The molecule has 3 rings (SSSR count). The zero-order valence-electron chi connectivity index (χ0n) is 13.4. The molecule has 1 fully saturated rings. The zero-order valence-corrected chi connectivity index (χ0v) is 13.4. The molecular weight excluding hydrogens is 294 g/mol. The molecule has 6 heteroatoms. The summed E-state index contributed by atoms with van der Waals surface area (Å²) < 4.78 is 0. The van der Waals surface area contributed by atoms with Crippen LogP contribution in [0.4, 0.5) is 0 Å². The summed E-state index contributed by atoms with van der Waals surface area (Å²) in [5, 5.41) is 0. The molecule has 2 N–H and O–H groups in total. The molecule has 1 unspecified atom stereocenters. The van der Waals surface area contributed by atoms with Crippen LogP contribution in [0.2, 0.25) is 0 Å². The van der Waals surface area contributed by atoms with Crippen molar-refractivity contribution in [2.45, 2.75) is 32.4 Å².